The zero-order chi connectivity index (χ0) is 13.4. The Morgan fingerprint density at radius 2 is 1.82 bits per heavy atom. The number of hydrogen-bond acceptors (Lipinski definition) is 2. The molecule has 0 spiro atoms. The molecule has 0 bridgehead atoms. The Hall–Kier alpha value is -0.570. The van der Waals surface area contributed by atoms with Crippen molar-refractivity contribution < 1.29 is 4.79 Å². The SMILES string of the molecule is CCC(NC(=O)CC(CN)CC(C)C)C(C)C. The van der Waals surface area contributed by atoms with E-state index in [9.17, 15) is 4.79 Å². The monoisotopic (exact) mass is 242 g/mol. The van der Waals surface area contributed by atoms with Crippen LogP contribution in [0.25, 0.3) is 0 Å². The Kier molecular flexibility index (Phi) is 8.23. The van der Waals surface area contributed by atoms with Gasteiger partial charge in [-0.1, -0.05) is 34.6 Å². The summed E-state index contributed by atoms with van der Waals surface area (Å²) < 4.78 is 0. The van der Waals surface area contributed by atoms with E-state index in [0.717, 1.165) is 12.8 Å². The number of nitrogens with one attached hydrogen (secondary N) is 1. The van der Waals surface area contributed by atoms with Crippen molar-refractivity contribution in [2.75, 3.05) is 6.54 Å². The summed E-state index contributed by atoms with van der Waals surface area (Å²) in [5.74, 6) is 1.56. The Balaban J connectivity index is 4.13. The standard InChI is InChI=1S/C14H30N2O/c1-6-13(11(4)5)16-14(17)8-12(9-15)7-10(2)3/h10-13H,6-9,15H2,1-5H3,(H,16,17). The maximum Gasteiger partial charge on any atom is 0.220 e. The van der Waals surface area contributed by atoms with Crippen molar-refractivity contribution in [1.29, 1.82) is 0 Å². The molecule has 0 heterocycles. The zero-order valence-corrected chi connectivity index (χ0v) is 12.1. The van der Waals surface area contributed by atoms with Crippen molar-refractivity contribution in [1.82, 2.24) is 5.32 Å². The first-order chi connectivity index (χ1) is 7.90. The van der Waals surface area contributed by atoms with E-state index < -0.39 is 0 Å². The van der Waals surface area contributed by atoms with E-state index in [1.54, 1.807) is 0 Å². The van der Waals surface area contributed by atoms with E-state index in [1.165, 1.54) is 0 Å². The zero-order valence-electron chi connectivity index (χ0n) is 12.1. The molecule has 2 atom stereocenters. The molecule has 17 heavy (non-hydrogen) atoms. The van der Waals surface area contributed by atoms with Crippen molar-refractivity contribution in [3.63, 3.8) is 0 Å². The van der Waals surface area contributed by atoms with Gasteiger partial charge in [0.1, 0.15) is 0 Å². The third kappa shape index (κ3) is 7.37. The van der Waals surface area contributed by atoms with Gasteiger partial charge in [0.2, 0.25) is 5.91 Å². The Bertz CT molecular complexity index is 214. The minimum Gasteiger partial charge on any atom is -0.353 e. The fourth-order valence-electron chi connectivity index (χ4n) is 2.20. The summed E-state index contributed by atoms with van der Waals surface area (Å²) in [6.07, 6.45) is 2.58. The molecule has 3 heteroatoms. The van der Waals surface area contributed by atoms with Gasteiger partial charge in [-0.25, -0.2) is 0 Å². The Morgan fingerprint density at radius 1 is 1.24 bits per heavy atom. The first kappa shape index (κ1) is 16.4. The highest BCUT2D eigenvalue weighted by Crippen LogP contribution is 2.15. The number of amides is 1. The molecule has 0 aliphatic heterocycles. The third-order valence-electron chi connectivity index (χ3n) is 3.20. The Morgan fingerprint density at radius 3 is 2.18 bits per heavy atom. The second-order valence-corrected chi connectivity index (χ2v) is 5.76. The molecule has 0 aromatic heterocycles. The van der Waals surface area contributed by atoms with Crippen molar-refractivity contribution in [2.24, 2.45) is 23.5 Å². The molecule has 0 aromatic rings. The summed E-state index contributed by atoms with van der Waals surface area (Å²) >= 11 is 0. The summed E-state index contributed by atoms with van der Waals surface area (Å²) in [4.78, 5) is 11.9. The summed E-state index contributed by atoms with van der Waals surface area (Å²) in [5.41, 5.74) is 5.71. The van der Waals surface area contributed by atoms with Gasteiger partial charge in [0.25, 0.3) is 0 Å². The average molecular weight is 242 g/mol. The van der Waals surface area contributed by atoms with Gasteiger partial charge in [-0.15, -0.1) is 0 Å². The largest absolute Gasteiger partial charge is 0.353 e. The van der Waals surface area contributed by atoms with Crippen LogP contribution in [0.1, 0.15) is 53.9 Å². The number of nitrogens with two attached hydrogens (primary N) is 1. The number of hydrogen-bond donors (Lipinski definition) is 2. The molecule has 2 unspecified atom stereocenters. The summed E-state index contributed by atoms with van der Waals surface area (Å²) in [5, 5.41) is 3.11. The van der Waals surface area contributed by atoms with Crippen LogP contribution in [0.2, 0.25) is 0 Å². The molecule has 3 N–H and O–H groups in total. The molecular formula is C14H30N2O. The van der Waals surface area contributed by atoms with Crippen LogP contribution >= 0.6 is 0 Å². The van der Waals surface area contributed by atoms with E-state index in [0.29, 0.717) is 36.8 Å². The lowest BCUT2D eigenvalue weighted by atomic mass is 9.93. The maximum absolute atomic E-state index is 11.9. The first-order valence-corrected chi connectivity index (χ1v) is 6.90. The van der Waals surface area contributed by atoms with Gasteiger partial charge in [-0.2, -0.15) is 0 Å². The normalized spacial score (nSPS) is 15.1. The lowest BCUT2D eigenvalue weighted by Crippen LogP contribution is -2.39. The van der Waals surface area contributed by atoms with Gasteiger partial charge < -0.3 is 11.1 Å². The quantitative estimate of drug-likeness (QED) is 0.687. The fourth-order valence-corrected chi connectivity index (χ4v) is 2.20. The molecule has 0 aliphatic carbocycles. The lowest BCUT2D eigenvalue weighted by Gasteiger charge is -2.23. The molecule has 0 rings (SSSR count). The van der Waals surface area contributed by atoms with Crippen LogP contribution in [-0.4, -0.2) is 18.5 Å². The van der Waals surface area contributed by atoms with E-state index in [-0.39, 0.29) is 5.91 Å². The van der Waals surface area contributed by atoms with Crippen molar-refractivity contribution in [3.8, 4) is 0 Å². The molecule has 3 nitrogen and oxygen atoms in total. The van der Waals surface area contributed by atoms with Crippen LogP contribution < -0.4 is 11.1 Å². The second kappa shape index (κ2) is 8.51. The summed E-state index contributed by atoms with van der Waals surface area (Å²) in [6.45, 7) is 11.3. The van der Waals surface area contributed by atoms with Crippen LogP contribution in [0.3, 0.4) is 0 Å². The first-order valence-electron chi connectivity index (χ1n) is 6.90. The average Bonchev–Trinajstić information content (AvgIpc) is 2.23. The fraction of sp³-hybridized carbons (Fsp3) is 0.929. The minimum absolute atomic E-state index is 0.154. The molecular weight excluding hydrogens is 212 g/mol. The molecule has 0 radical (unpaired) electrons. The van der Waals surface area contributed by atoms with E-state index >= 15 is 0 Å². The van der Waals surface area contributed by atoms with Crippen LogP contribution in [0, 0.1) is 17.8 Å². The number of carbonyl (C=O) groups excluding carboxylic acids is 1. The summed E-state index contributed by atoms with van der Waals surface area (Å²) in [6, 6.07) is 0.292. The van der Waals surface area contributed by atoms with Crippen molar-refractivity contribution in [3.05, 3.63) is 0 Å². The third-order valence-corrected chi connectivity index (χ3v) is 3.20. The minimum atomic E-state index is 0.154. The maximum atomic E-state index is 11.9. The molecule has 0 aliphatic rings. The molecule has 0 saturated carbocycles. The molecule has 0 saturated heterocycles. The van der Waals surface area contributed by atoms with Crippen LogP contribution in [0.4, 0.5) is 0 Å². The predicted octanol–water partition coefficient (Wildman–Crippen LogP) is 2.55. The molecule has 0 aromatic carbocycles. The van der Waals surface area contributed by atoms with E-state index in [1.807, 2.05) is 0 Å². The Labute approximate surface area is 107 Å². The highest BCUT2D eigenvalue weighted by molar-refractivity contribution is 5.76. The number of rotatable bonds is 8. The molecule has 102 valence electrons. The van der Waals surface area contributed by atoms with E-state index in [2.05, 4.69) is 39.9 Å². The van der Waals surface area contributed by atoms with Gasteiger partial charge in [-0.3, -0.25) is 4.79 Å². The van der Waals surface area contributed by atoms with Gasteiger partial charge in [0, 0.05) is 12.5 Å². The van der Waals surface area contributed by atoms with Crippen molar-refractivity contribution in [2.45, 2.75) is 59.9 Å². The van der Waals surface area contributed by atoms with Gasteiger partial charge in [0.05, 0.1) is 0 Å². The molecule has 1 amide bonds. The van der Waals surface area contributed by atoms with Crippen molar-refractivity contribution >= 4 is 5.91 Å². The topological polar surface area (TPSA) is 55.1 Å². The van der Waals surface area contributed by atoms with Gasteiger partial charge in [-0.05, 0) is 37.1 Å². The highest BCUT2D eigenvalue weighted by atomic mass is 16.1. The number of carbonyl (C=O) groups is 1. The van der Waals surface area contributed by atoms with Gasteiger partial charge in [0.15, 0.2) is 0 Å². The molecule has 0 fully saturated rings. The lowest BCUT2D eigenvalue weighted by molar-refractivity contribution is -0.123. The highest BCUT2D eigenvalue weighted by Gasteiger charge is 2.18. The van der Waals surface area contributed by atoms with Gasteiger partial charge >= 0.3 is 0 Å². The smallest absolute Gasteiger partial charge is 0.220 e. The second-order valence-electron chi connectivity index (χ2n) is 5.76. The predicted molar refractivity (Wildman–Crippen MR) is 73.7 cm³/mol. The van der Waals surface area contributed by atoms with Crippen LogP contribution in [-0.2, 0) is 4.79 Å². The van der Waals surface area contributed by atoms with Crippen LogP contribution in [0.5, 0.6) is 0 Å². The van der Waals surface area contributed by atoms with Crippen LogP contribution in [0.15, 0.2) is 0 Å². The summed E-state index contributed by atoms with van der Waals surface area (Å²) in [7, 11) is 0. The van der Waals surface area contributed by atoms with E-state index in [4.69, 9.17) is 5.73 Å².